The van der Waals surface area contributed by atoms with Gasteiger partial charge in [-0.05, 0) is 67.8 Å². The van der Waals surface area contributed by atoms with Gasteiger partial charge < -0.3 is 0 Å². The van der Waals surface area contributed by atoms with Gasteiger partial charge in [0.2, 0.25) is 0 Å². The van der Waals surface area contributed by atoms with Gasteiger partial charge in [-0.25, -0.2) is 4.21 Å². The van der Waals surface area contributed by atoms with Gasteiger partial charge >= 0.3 is 0 Å². The molecule has 146 valence electrons. The smallest absolute Gasteiger partial charge is 0.266 e. The molecule has 0 fully saturated rings. The summed E-state index contributed by atoms with van der Waals surface area (Å²) in [5.41, 5.74) is 4.83. The van der Waals surface area contributed by atoms with E-state index in [0.717, 1.165) is 22.3 Å². The van der Waals surface area contributed by atoms with Gasteiger partial charge in [-0.15, -0.1) is 0 Å². The molecule has 3 rings (SSSR count). The molecular formula is C24H22N2O2S. The first-order valence-electron chi connectivity index (χ1n) is 9.11. The molecule has 0 bridgehead atoms. The van der Waals surface area contributed by atoms with E-state index < -0.39 is 15.6 Å². The number of hydrogen-bond acceptors (Lipinski definition) is 3. The maximum Gasteiger partial charge on any atom is 0.286 e. The Bertz CT molecular complexity index is 1250. The molecule has 4 nitrogen and oxygen atoms in total. The van der Waals surface area contributed by atoms with E-state index in [1.54, 1.807) is 24.4 Å². The van der Waals surface area contributed by atoms with Gasteiger partial charge in [-0.1, -0.05) is 30.0 Å². The lowest BCUT2D eigenvalue weighted by Gasteiger charge is -2.07. The van der Waals surface area contributed by atoms with Crippen LogP contribution < -0.4 is 0 Å². The van der Waals surface area contributed by atoms with Crippen molar-refractivity contribution in [2.24, 2.45) is 4.36 Å². The number of amides is 1. The predicted molar refractivity (Wildman–Crippen MR) is 116 cm³/mol. The van der Waals surface area contributed by atoms with Crippen LogP contribution >= 0.6 is 0 Å². The van der Waals surface area contributed by atoms with E-state index in [-0.39, 0.29) is 5.56 Å². The number of carbonyl (C=O) groups excluding carboxylic acids is 1. The second-order valence-electron chi connectivity index (χ2n) is 7.10. The molecular weight excluding hydrogens is 380 g/mol. The van der Waals surface area contributed by atoms with Crippen LogP contribution in [0.1, 0.15) is 38.2 Å². The molecule has 1 amide bonds. The van der Waals surface area contributed by atoms with Crippen molar-refractivity contribution in [1.29, 1.82) is 0 Å². The van der Waals surface area contributed by atoms with Crippen molar-refractivity contribution in [2.45, 2.75) is 25.7 Å². The summed E-state index contributed by atoms with van der Waals surface area (Å²) in [5, 5.41) is 0. The largest absolute Gasteiger partial charge is 0.286 e. The molecule has 3 aromatic rings. The molecule has 1 heterocycles. The van der Waals surface area contributed by atoms with Gasteiger partial charge in [0, 0.05) is 34.7 Å². The zero-order valence-corrected chi connectivity index (χ0v) is 17.7. The summed E-state index contributed by atoms with van der Waals surface area (Å²) in [6.07, 6.45) is 4.49. The van der Waals surface area contributed by atoms with Crippen molar-refractivity contribution in [3.8, 4) is 11.8 Å². The predicted octanol–water partition coefficient (Wildman–Crippen LogP) is 4.70. The van der Waals surface area contributed by atoms with Gasteiger partial charge in [0.25, 0.3) is 5.91 Å². The van der Waals surface area contributed by atoms with E-state index in [4.69, 9.17) is 0 Å². The first kappa shape index (κ1) is 20.5. The molecule has 0 saturated heterocycles. The lowest BCUT2D eigenvalue weighted by molar-refractivity contribution is 0.100. The Hall–Kier alpha value is -3.23. The monoisotopic (exact) mass is 402 g/mol. The van der Waals surface area contributed by atoms with Crippen LogP contribution in [0.25, 0.3) is 0 Å². The van der Waals surface area contributed by atoms with Gasteiger partial charge in [0.15, 0.2) is 0 Å². The third kappa shape index (κ3) is 5.40. The molecule has 0 aliphatic carbocycles. The molecule has 5 heteroatoms. The lowest BCUT2D eigenvalue weighted by atomic mass is 10.1. The summed E-state index contributed by atoms with van der Waals surface area (Å²) < 4.78 is 17.1. The third-order valence-corrected chi connectivity index (χ3v) is 5.87. The quantitative estimate of drug-likeness (QED) is 0.584. The number of rotatable bonds is 2. The van der Waals surface area contributed by atoms with Crippen LogP contribution in [0.2, 0.25) is 0 Å². The average Bonchev–Trinajstić information content (AvgIpc) is 2.65. The molecule has 0 aliphatic heterocycles. The van der Waals surface area contributed by atoms with Crippen LogP contribution in [0.3, 0.4) is 0 Å². The highest BCUT2D eigenvalue weighted by Gasteiger charge is 2.13. The Balaban J connectivity index is 1.91. The van der Waals surface area contributed by atoms with Crippen LogP contribution in [0.4, 0.5) is 0 Å². The van der Waals surface area contributed by atoms with Gasteiger partial charge in [0.05, 0.1) is 15.3 Å². The fraction of sp³-hybridized carbons (Fsp3) is 0.167. The van der Waals surface area contributed by atoms with E-state index in [1.807, 2.05) is 51.1 Å². The van der Waals surface area contributed by atoms with Crippen molar-refractivity contribution < 1.29 is 9.00 Å². The maximum absolute atomic E-state index is 13.1. The highest BCUT2D eigenvalue weighted by atomic mass is 32.2. The second kappa shape index (κ2) is 8.42. The van der Waals surface area contributed by atoms with Crippen LogP contribution in [0, 0.1) is 32.6 Å². The van der Waals surface area contributed by atoms with E-state index in [0.29, 0.717) is 10.5 Å². The van der Waals surface area contributed by atoms with Gasteiger partial charge in [0.1, 0.15) is 0 Å². The molecule has 0 N–H and O–H groups in total. The van der Waals surface area contributed by atoms with E-state index in [9.17, 15) is 9.00 Å². The molecule has 2 aromatic carbocycles. The molecule has 29 heavy (non-hydrogen) atoms. The van der Waals surface area contributed by atoms with E-state index in [1.165, 1.54) is 12.5 Å². The Labute approximate surface area is 172 Å². The SMILES string of the molecule is Cc1cccc(C#Cc2cncc(C(=O)N=S(C)(=O)c3cc(C)cc(C)c3)c2)c1. The molecule has 1 aromatic heterocycles. The number of hydrogen-bond donors (Lipinski definition) is 0. The molecule has 0 saturated carbocycles. The number of pyridine rings is 1. The minimum Gasteiger partial charge on any atom is -0.266 e. The number of nitrogens with zero attached hydrogens (tertiary/aromatic N) is 2. The molecule has 1 atom stereocenters. The Morgan fingerprint density at radius 2 is 1.59 bits per heavy atom. The zero-order valence-electron chi connectivity index (χ0n) is 16.9. The standard InChI is InChI=1S/C24H22N2O2S/c1-17-6-5-7-20(11-17)8-9-21-14-22(16-25-15-21)24(27)26-29(4,28)23-12-18(2)10-19(3)13-23/h5-7,10-16H,1-4H3. The van der Waals surface area contributed by atoms with Crippen molar-refractivity contribution in [3.63, 3.8) is 0 Å². The van der Waals surface area contributed by atoms with Gasteiger partial charge in [-0.3, -0.25) is 9.78 Å². The molecule has 0 aliphatic rings. The van der Waals surface area contributed by atoms with E-state index >= 15 is 0 Å². The summed E-state index contributed by atoms with van der Waals surface area (Å²) in [6.45, 7) is 5.85. The topological polar surface area (TPSA) is 59.4 Å². The van der Waals surface area contributed by atoms with Crippen LogP contribution in [-0.2, 0) is 9.73 Å². The molecule has 0 spiro atoms. The maximum atomic E-state index is 13.1. The lowest BCUT2D eigenvalue weighted by Crippen LogP contribution is -2.05. The highest BCUT2D eigenvalue weighted by molar-refractivity contribution is 7.93. The normalized spacial score (nSPS) is 12.4. The van der Waals surface area contributed by atoms with E-state index in [2.05, 4.69) is 21.2 Å². The fourth-order valence-electron chi connectivity index (χ4n) is 2.91. The molecule has 1 unspecified atom stereocenters. The first-order chi connectivity index (χ1) is 13.7. The minimum absolute atomic E-state index is 0.264. The number of carbonyl (C=O) groups is 1. The number of aromatic nitrogens is 1. The number of aryl methyl sites for hydroxylation is 3. The third-order valence-electron chi connectivity index (χ3n) is 4.24. The first-order valence-corrected chi connectivity index (χ1v) is 11.0. The molecule has 0 radical (unpaired) electrons. The summed E-state index contributed by atoms with van der Waals surface area (Å²) in [4.78, 5) is 17.3. The van der Waals surface area contributed by atoms with Crippen LogP contribution in [0.5, 0.6) is 0 Å². The van der Waals surface area contributed by atoms with Crippen LogP contribution in [-0.4, -0.2) is 21.4 Å². The van der Waals surface area contributed by atoms with Crippen molar-refractivity contribution >= 4 is 15.6 Å². The Morgan fingerprint density at radius 3 is 2.28 bits per heavy atom. The highest BCUT2D eigenvalue weighted by Crippen LogP contribution is 2.17. The van der Waals surface area contributed by atoms with Crippen LogP contribution in [0.15, 0.2) is 70.2 Å². The average molecular weight is 403 g/mol. The summed E-state index contributed by atoms with van der Waals surface area (Å²) in [7, 11) is -2.86. The fourth-order valence-corrected chi connectivity index (χ4v) is 4.24. The summed E-state index contributed by atoms with van der Waals surface area (Å²) >= 11 is 0. The summed E-state index contributed by atoms with van der Waals surface area (Å²) in [5.74, 6) is 5.51. The zero-order chi connectivity index (χ0) is 21.0. The second-order valence-corrected chi connectivity index (χ2v) is 9.36. The van der Waals surface area contributed by atoms with Gasteiger partial charge in [-0.2, -0.15) is 4.36 Å². The minimum atomic E-state index is -2.86. The summed E-state index contributed by atoms with van der Waals surface area (Å²) in [6, 6.07) is 15.1. The Kier molecular flexibility index (Phi) is 5.95. The van der Waals surface area contributed by atoms with Crippen molar-refractivity contribution in [2.75, 3.05) is 6.26 Å². The Morgan fingerprint density at radius 1 is 0.897 bits per heavy atom. The van der Waals surface area contributed by atoms with Crippen molar-refractivity contribution in [3.05, 3.63) is 94.3 Å². The van der Waals surface area contributed by atoms with Crippen molar-refractivity contribution in [1.82, 2.24) is 4.98 Å². The number of benzene rings is 2.